The Kier molecular flexibility index (Phi) is 6.00. The van der Waals surface area contributed by atoms with Crippen LogP contribution >= 0.6 is 0 Å². The van der Waals surface area contributed by atoms with E-state index >= 15 is 0 Å². The number of aromatic hydroxyl groups is 2. The van der Waals surface area contributed by atoms with Gasteiger partial charge in [0.25, 0.3) is 20.0 Å². The van der Waals surface area contributed by atoms with Crippen LogP contribution in [-0.2, 0) is 20.0 Å². The summed E-state index contributed by atoms with van der Waals surface area (Å²) >= 11 is 0. The summed E-state index contributed by atoms with van der Waals surface area (Å²) in [5.74, 6) is -0.197. The molecule has 38 heavy (non-hydrogen) atoms. The van der Waals surface area contributed by atoms with E-state index in [0.717, 1.165) is 4.31 Å². The molecule has 5 rings (SSSR count). The van der Waals surface area contributed by atoms with E-state index < -0.39 is 20.0 Å². The van der Waals surface area contributed by atoms with Crippen molar-refractivity contribution in [2.75, 3.05) is 16.1 Å². The highest BCUT2D eigenvalue weighted by Crippen LogP contribution is 2.40. The number of phenols is 2. The Labute approximate surface area is 218 Å². The fourth-order valence-electron chi connectivity index (χ4n) is 4.26. The summed E-state index contributed by atoms with van der Waals surface area (Å²) in [6.07, 6.45) is 0. The molecule has 1 aliphatic rings. The van der Waals surface area contributed by atoms with Gasteiger partial charge in [-0.05, 0) is 59.7 Å². The maximum Gasteiger partial charge on any atom is 0.264 e. The SMILES string of the molecule is CN(c1cccc(O)c1)S(=O)(=O)c1ccc2c(c1)C(=NO)c1cc(S(=O)(=O)Nc3cccc(O)c3)ccc1-2. The number of benzene rings is 4. The first-order chi connectivity index (χ1) is 18.0. The lowest BCUT2D eigenvalue weighted by molar-refractivity contribution is 0.320. The smallest absolute Gasteiger partial charge is 0.264 e. The maximum absolute atomic E-state index is 13.3. The van der Waals surface area contributed by atoms with Crippen molar-refractivity contribution >= 4 is 37.1 Å². The van der Waals surface area contributed by atoms with Crippen LogP contribution in [0.4, 0.5) is 11.4 Å². The van der Waals surface area contributed by atoms with E-state index in [1.165, 1.54) is 79.8 Å². The van der Waals surface area contributed by atoms with Gasteiger partial charge in [0, 0.05) is 30.3 Å². The number of nitrogens with zero attached hydrogens (tertiary/aromatic N) is 2. The van der Waals surface area contributed by atoms with Crippen molar-refractivity contribution in [3.8, 4) is 22.6 Å². The van der Waals surface area contributed by atoms with Crippen LogP contribution in [0, 0.1) is 0 Å². The Morgan fingerprint density at radius 3 is 1.89 bits per heavy atom. The van der Waals surface area contributed by atoms with Gasteiger partial charge in [-0.1, -0.05) is 29.4 Å². The van der Waals surface area contributed by atoms with Gasteiger partial charge in [-0.15, -0.1) is 0 Å². The zero-order chi connectivity index (χ0) is 27.2. The highest BCUT2D eigenvalue weighted by molar-refractivity contribution is 7.93. The molecule has 0 saturated carbocycles. The number of sulfonamides is 2. The van der Waals surface area contributed by atoms with Crippen molar-refractivity contribution in [1.82, 2.24) is 0 Å². The molecule has 4 aromatic rings. The molecular weight excluding hydrogens is 530 g/mol. The monoisotopic (exact) mass is 551 g/mol. The maximum atomic E-state index is 13.3. The van der Waals surface area contributed by atoms with Crippen molar-refractivity contribution in [1.29, 1.82) is 0 Å². The molecule has 0 amide bonds. The summed E-state index contributed by atoms with van der Waals surface area (Å²) in [6.45, 7) is 0. The number of hydrogen-bond acceptors (Lipinski definition) is 8. The van der Waals surface area contributed by atoms with Gasteiger partial charge in [-0.3, -0.25) is 9.03 Å². The van der Waals surface area contributed by atoms with Gasteiger partial charge in [0.1, 0.15) is 17.2 Å². The van der Waals surface area contributed by atoms with Gasteiger partial charge in [0.05, 0.1) is 21.2 Å². The number of anilines is 2. The molecule has 0 bridgehead atoms. The molecule has 12 heteroatoms. The quantitative estimate of drug-likeness (QED) is 0.184. The predicted molar refractivity (Wildman–Crippen MR) is 142 cm³/mol. The summed E-state index contributed by atoms with van der Waals surface area (Å²) in [4.78, 5) is -0.209. The lowest BCUT2D eigenvalue weighted by Crippen LogP contribution is -2.26. The highest BCUT2D eigenvalue weighted by atomic mass is 32.2. The lowest BCUT2D eigenvalue weighted by Gasteiger charge is -2.20. The highest BCUT2D eigenvalue weighted by Gasteiger charge is 2.31. The van der Waals surface area contributed by atoms with Gasteiger partial charge in [-0.2, -0.15) is 0 Å². The van der Waals surface area contributed by atoms with Gasteiger partial charge in [0.15, 0.2) is 0 Å². The van der Waals surface area contributed by atoms with Crippen LogP contribution in [0.2, 0.25) is 0 Å². The third-order valence-electron chi connectivity index (χ3n) is 6.14. The first kappa shape index (κ1) is 25.1. The van der Waals surface area contributed by atoms with E-state index in [-0.39, 0.29) is 38.4 Å². The molecule has 0 aliphatic heterocycles. The van der Waals surface area contributed by atoms with Crippen LogP contribution in [0.5, 0.6) is 11.5 Å². The average molecular weight is 552 g/mol. The lowest BCUT2D eigenvalue weighted by atomic mass is 10.1. The molecule has 0 unspecified atom stereocenters. The third-order valence-corrected chi connectivity index (χ3v) is 9.30. The summed E-state index contributed by atoms with van der Waals surface area (Å²) < 4.78 is 56.1. The first-order valence-electron chi connectivity index (χ1n) is 11.1. The zero-order valence-electron chi connectivity index (χ0n) is 19.8. The van der Waals surface area contributed by atoms with Crippen molar-refractivity contribution in [2.24, 2.45) is 5.16 Å². The summed E-state index contributed by atoms with van der Waals surface area (Å²) in [7, 11) is -6.78. The summed E-state index contributed by atoms with van der Waals surface area (Å²) in [5.41, 5.74) is 2.17. The van der Waals surface area contributed by atoms with Crippen LogP contribution in [0.25, 0.3) is 11.1 Å². The molecule has 0 spiro atoms. The molecule has 0 heterocycles. The van der Waals surface area contributed by atoms with Crippen molar-refractivity contribution in [3.63, 3.8) is 0 Å². The van der Waals surface area contributed by atoms with Gasteiger partial charge in [0.2, 0.25) is 0 Å². The van der Waals surface area contributed by atoms with E-state index in [1.54, 1.807) is 12.1 Å². The number of hydrogen-bond donors (Lipinski definition) is 4. The van der Waals surface area contributed by atoms with Crippen molar-refractivity contribution in [2.45, 2.75) is 9.79 Å². The van der Waals surface area contributed by atoms with E-state index in [0.29, 0.717) is 22.3 Å². The van der Waals surface area contributed by atoms with Crippen LogP contribution in [0.15, 0.2) is 99.9 Å². The molecule has 4 aromatic carbocycles. The molecule has 4 N–H and O–H groups in total. The topological polar surface area (TPSA) is 157 Å². The molecule has 10 nitrogen and oxygen atoms in total. The van der Waals surface area contributed by atoms with E-state index in [2.05, 4.69) is 9.88 Å². The minimum atomic E-state index is -4.07. The Morgan fingerprint density at radius 1 is 0.711 bits per heavy atom. The molecule has 0 aromatic heterocycles. The Morgan fingerprint density at radius 2 is 1.29 bits per heavy atom. The van der Waals surface area contributed by atoms with Crippen molar-refractivity contribution < 1.29 is 32.3 Å². The van der Waals surface area contributed by atoms with Gasteiger partial charge >= 0.3 is 0 Å². The summed E-state index contributed by atoms with van der Waals surface area (Å²) in [5, 5.41) is 32.6. The number of nitrogens with one attached hydrogen (secondary N) is 1. The first-order valence-corrected chi connectivity index (χ1v) is 14.0. The molecule has 0 atom stereocenters. The Balaban J connectivity index is 1.52. The number of rotatable bonds is 6. The fraction of sp³-hybridized carbons (Fsp3) is 0.0385. The van der Waals surface area contributed by atoms with Gasteiger partial charge < -0.3 is 15.4 Å². The number of oxime groups is 1. The molecule has 0 radical (unpaired) electrons. The standard InChI is InChI=1S/C26H21N3O7S2/c1-29(17-5-3-7-19(31)13-17)38(35,36)21-9-11-23-22-10-8-20(14-24(22)26(27-32)25(23)15-21)37(33,34)28-16-4-2-6-18(30)12-16/h2-15,28,30-32H,1H3. The normalized spacial score (nSPS) is 13.7. The van der Waals surface area contributed by atoms with E-state index in [4.69, 9.17) is 0 Å². The van der Waals surface area contributed by atoms with Crippen LogP contribution in [0.3, 0.4) is 0 Å². The minimum Gasteiger partial charge on any atom is -0.508 e. The molecule has 194 valence electrons. The molecular formula is C26H21N3O7S2. The van der Waals surface area contributed by atoms with Crippen LogP contribution in [-0.4, -0.2) is 45.0 Å². The predicted octanol–water partition coefficient (Wildman–Crippen LogP) is 3.93. The molecule has 0 saturated heterocycles. The molecule has 0 fully saturated rings. The second-order valence-corrected chi connectivity index (χ2v) is 12.2. The number of fused-ring (bicyclic) bond motifs is 3. The second-order valence-electron chi connectivity index (χ2n) is 8.51. The fourth-order valence-corrected chi connectivity index (χ4v) is 6.55. The van der Waals surface area contributed by atoms with Crippen LogP contribution < -0.4 is 9.03 Å². The van der Waals surface area contributed by atoms with Crippen molar-refractivity contribution in [3.05, 3.63) is 96.1 Å². The molecule has 1 aliphatic carbocycles. The van der Waals surface area contributed by atoms with E-state index in [9.17, 15) is 32.3 Å². The third kappa shape index (κ3) is 4.29. The summed E-state index contributed by atoms with van der Waals surface area (Å²) in [6, 6.07) is 20.0. The van der Waals surface area contributed by atoms with Gasteiger partial charge in [-0.25, -0.2) is 16.8 Å². The Hall–Kier alpha value is -4.55. The second kappa shape index (κ2) is 9.08. The Bertz CT molecular complexity index is 1840. The number of phenolic OH excluding ortho intramolecular Hbond substituents is 2. The van der Waals surface area contributed by atoms with E-state index in [1.807, 2.05) is 0 Å². The van der Waals surface area contributed by atoms with Crippen LogP contribution in [0.1, 0.15) is 11.1 Å². The minimum absolute atomic E-state index is 0.0152. The zero-order valence-corrected chi connectivity index (χ0v) is 21.4. The average Bonchev–Trinajstić information content (AvgIpc) is 3.20. The largest absolute Gasteiger partial charge is 0.508 e.